The molecule has 106 valence electrons. The van der Waals surface area contributed by atoms with Crippen LogP contribution in [0.1, 0.15) is 24.1 Å². The molecule has 1 N–H and O–H groups in total. The summed E-state index contributed by atoms with van der Waals surface area (Å²) < 4.78 is 41.2. The normalized spacial score (nSPS) is 22.2. The fourth-order valence-corrected chi connectivity index (χ4v) is 2.61. The van der Waals surface area contributed by atoms with Crippen molar-refractivity contribution in [1.82, 2.24) is 9.78 Å². The summed E-state index contributed by atoms with van der Waals surface area (Å²) in [6.07, 6.45) is 1.50. The van der Waals surface area contributed by atoms with Crippen molar-refractivity contribution in [3.8, 4) is 0 Å². The third kappa shape index (κ3) is 2.35. The first kappa shape index (κ1) is 13.3. The van der Waals surface area contributed by atoms with Crippen molar-refractivity contribution >= 4 is 17.4 Å². The largest absolute Gasteiger partial charge is 0.363 e. The van der Waals surface area contributed by atoms with Gasteiger partial charge >= 0.3 is 5.38 Å². The lowest BCUT2D eigenvalue weighted by atomic mass is 9.97. The molecule has 0 fully saturated rings. The summed E-state index contributed by atoms with van der Waals surface area (Å²) in [6.45, 7) is 0. The minimum atomic E-state index is -3.40. The molecule has 0 unspecified atom stereocenters. The maximum absolute atomic E-state index is 13.5. The highest BCUT2D eigenvalue weighted by atomic mass is 35.5. The minimum Gasteiger partial charge on any atom is -0.363 e. The predicted molar refractivity (Wildman–Crippen MR) is 69.4 cm³/mol. The third-order valence-corrected chi connectivity index (χ3v) is 3.65. The minimum absolute atomic E-state index is 0.0663. The number of rotatable bonds is 2. The molecule has 1 aromatic carbocycles. The Hall–Kier alpha value is -1.69. The zero-order chi connectivity index (χ0) is 14.3. The van der Waals surface area contributed by atoms with Crippen LogP contribution < -0.4 is 5.32 Å². The Bertz CT molecular complexity index is 606. The van der Waals surface area contributed by atoms with Crippen LogP contribution in [0.15, 0.2) is 36.5 Å². The van der Waals surface area contributed by atoms with Crippen LogP contribution in [0.3, 0.4) is 0 Å². The van der Waals surface area contributed by atoms with Gasteiger partial charge in [0.25, 0.3) is 0 Å². The van der Waals surface area contributed by atoms with Crippen LogP contribution in [0.25, 0.3) is 0 Å². The molecule has 3 nitrogen and oxygen atoms in total. The van der Waals surface area contributed by atoms with Crippen LogP contribution in [-0.2, 0) is 0 Å². The monoisotopic (exact) mass is 301 g/mol. The zero-order valence-corrected chi connectivity index (χ0v) is 11.0. The molecule has 0 bridgehead atoms. The van der Waals surface area contributed by atoms with Crippen LogP contribution in [-0.4, -0.2) is 15.2 Å². The maximum atomic E-state index is 13.5. The Labute approximate surface area is 118 Å². The van der Waals surface area contributed by atoms with Crippen LogP contribution in [0.4, 0.5) is 19.0 Å². The second-order valence-electron chi connectivity index (χ2n) is 4.70. The first-order valence-electron chi connectivity index (χ1n) is 6.07. The summed E-state index contributed by atoms with van der Waals surface area (Å²) in [5, 5.41) is 3.58. The molecule has 0 amide bonds. The van der Waals surface area contributed by atoms with Crippen molar-refractivity contribution in [3.05, 3.63) is 47.9 Å². The number of hydrogen-bond acceptors (Lipinski definition) is 2. The van der Waals surface area contributed by atoms with E-state index in [0.717, 1.165) is 5.56 Å². The van der Waals surface area contributed by atoms with E-state index in [4.69, 9.17) is 11.6 Å². The lowest BCUT2D eigenvalue weighted by Gasteiger charge is -2.34. The van der Waals surface area contributed by atoms with E-state index in [1.165, 1.54) is 23.0 Å². The van der Waals surface area contributed by atoms with Crippen molar-refractivity contribution in [2.24, 2.45) is 0 Å². The molecule has 0 aliphatic carbocycles. The van der Waals surface area contributed by atoms with Crippen molar-refractivity contribution < 1.29 is 13.2 Å². The molecule has 7 heteroatoms. The number of fused-ring (bicyclic) bond motifs is 1. The molecule has 1 aliphatic rings. The van der Waals surface area contributed by atoms with E-state index in [1.54, 1.807) is 18.2 Å². The summed E-state index contributed by atoms with van der Waals surface area (Å²) in [5.41, 5.74) is 0.727. The van der Waals surface area contributed by atoms with Crippen LogP contribution in [0.5, 0.6) is 0 Å². The van der Waals surface area contributed by atoms with Crippen LogP contribution in [0.2, 0.25) is 0 Å². The lowest BCUT2D eigenvalue weighted by molar-refractivity contribution is 0.0206. The van der Waals surface area contributed by atoms with Crippen molar-refractivity contribution in [1.29, 1.82) is 0 Å². The molecular formula is C13H11ClF3N3. The first-order valence-corrected chi connectivity index (χ1v) is 6.45. The maximum Gasteiger partial charge on any atom is 0.343 e. The molecule has 1 aromatic heterocycles. The summed E-state index contributed by atoms with van der Waals surface area (Å²) in [4.78, 5) is 0. The third-order valence-electron chi connectivity index (χ3n) is 3.40. The number of anilines is 1. The standard InChI is InChI=1S/C13H11ClF3N3/c14-13(16,17)11-7-10(8-1-3-9(15)4-2-8)19-12-5-6-18-20(11)12/h1-6,10-11,19H,7H2/t10-,11+/m0/s1. The topological polar surface area (TPSA) is 29.9 Å². The highest BCUT2D eigenvalue weighted by molar-refractivity contribution is 6.22. The molecule has 0 saturated heterocycles. The second kappa shape index (κ2) is 4.70. The molecular weight excluding hydrogens is 291 g/mol. The Morgan fingerprint density at radius 2 is 1.95 bits per heavy atom. The van der Waals surface area contributed by atoms with Gasteiger partial charge in [-0.2, -0.15) is 13.9 Å². The number of nitrogens with one attached hydrogen (secondary N) is 1. The van der Waals surface area contributed by atoms with E-state index in [1.807, 2.05) is 0 Å². The molecule has 0 spiro atoms. The highest BCUT2D eigenvalue weighted by Crippen LogP contribution is 2.44. The Balaban J connectivity index is 1.95. The van der Waals surface area contributed by atoms with Gasteiger partial charge in [-0.25, -0.2) is 9.07 Å². The van der Waals surface area contributed by atoms with E-state index in [9.17, 15) is 13.2 Å². The number of hydrogen-bond donors (Lipinski definition) is 1. The Morgan fingerprint density at radius 1 is 1.25 bits per heavy atom. The fourth-order valence-electron chi connectivity index (χ4n) is 2.42. The number of nitrogens with zero attached hydrogens (tertiary/aromatic N) is 2. The van der Waals surface area contributed by atoms with Gasteiger partial charge in [0.15, 0.2) is 0 Å². The van der Waals surface area contributed by atoms with Gasteiger partial charge < -0.3 is 5.32 Å². The average molecular weight is 302 g/mol. The quantitative estimate of drug-likeness (QED) is 0.851. The fraction of sp³-hybridized carbons (Fsp3) is 0.308. The van der Waals surface area contributed by atoms with Crippen LogP contribution in [0, 0.1) is 5.82 Å². The molecule has 0 saturated carbocycles. The van der Waals surface area contributed by atoms with Gasteiger partial charge in [0, 0.05) is 12.5 Å². The van der Waals surface area contributed by atoms with Crippen molar-refractivity contribution in [2.45, 2.75) is 23.9 Å². The van der Waals surface area contributed by atoms with E-state index < -0.39 is 11.4 Å². The number of aromatic nitrogens is 2. The molecule has 2 heterocycles. The van der Waals surface area contributed by atoms with Gasteiger partial charge in [0.05, 0.1) is 12.2 Å². The van der Waals surface area contributed by atoms with Crippen molar-refractivity contribution in [2.75, 3.05) is 5.32 Å². The number of benzene rings is 1. The molecule has 2 aromatic rings. The van der Waals surface area contributed by atoms with Gasteiger partial charge in [0.2, 0.25) is 0 Å². The number of alkyl halides is 3. The molecule has 20 heavy (non-hydrogen) atoms. The lowest BCUT2D eigenvalue weighted by Crippen LogP contribution is -2.35. The summed E-state index contributed by atoms with van der Waals surface area (Å²) >= 11 is 5.19. The molecule has 0 radical (unpaired) electrons. The highest BCUT2D eigenvalue weighted by Gasteiger charge is 2.44. The summed E-state index contributed by atoms with van der Waals surface area (Å²) in [6, 6.07) is 5.74. The predicted octanol–water partition coefficient (Wildman–Crippen LogP) is 3.95. The average Bonchev–Trinajstić information content (AvgIpc) is 2.85. The summed E-state index contributed by atoms with van der Waals surface area (Å²) in [5.74, 6) is 0.102. The Morgan fingerprint density at radius 3 is 2.60 bits per heavy atom. The van der Waals surface area contributed by atoms with Crippen LogP contribution >= 0.6 is 11.6 Å². The van der Waals surface area contributed by atoms with E-state index >= 15 is 0 Å². The molecule has 2 atom stereocenters. The van der Waals surface area contributed by atoms with E-state index in [-0.39, 0.29) is 18.3 Å². The molecule has 3 rings (SSSR count). The number of halogens is 4. The van der Waals surface area contributed by atoms with Gasteiger partial charge in [-0.05, 0) is 29.3 Å². The van der Waals surface area contributed by atoms with Gasteiger partial charge in [-0.1, -0.05) is 12.1 Å². The van der Waals surface area contributed by atoms with Gasteiger partial charge in [-0.3, -0.25) is 0 Å². The first-order chi connectivity index (χ1) is 9.45. The molecule has 1 aliphatic heterocycles. The van der Waals surface area contributed by atoms with E-state index in [2.05, 4.69) is 10.4 Å². The Kier molecular flexibility index (Phi) is 3.12. The van der Waals surface area contributed by atoms with E-state index in [0.29, 0.717) is 5.82 Å². The summed E-state index contributed by atoms with van der Waals surface area (Å²) in [7, 11) is 0. The smallest absolute Gasteiger partial charge is 0.343 e. The zero-order valence-electron chi connectivity index (χ0n) is 10.2. The van der Waals surface area contributed by atoms with Gasteiger partial charge in [0.1, 0.15) is 17.7 Å². The SMILES string of the molecule is Fc1ccc([C@@H]2C[C@H](C(F)(F)Cl)n3nccc3N2)cc1. The van der Waals surface area contributed by atoms with Crippen molar-refractivity contribution in [3.63, 3.8) is 0 Å². The van der Waals surface area contributed by atoms with Gasteiger partial charge in [-0.15, -0.1) is 0 Å². The second-order valence-corrected chi connectivity index (χ2v) is 5.21.